The standard InChI is InChI=1S/C18H21ClN2O3S/c1-2-3-6-13-20-18(22)14-9-11-15(12-10-14)25(23,24)21-17-8-5-4-7-16(17)19/h4-5,7-12,21H,2-3,6,13H2,1H3,(H,20,22). The van der Waals surface area contributed by atoms with E-state index in [4.69, 9.17) is 11.6 Å². The number of carbonyl (C=O) groups excluding carboxylic acids is 1. The fourth-order valence-corrected chi connectivity index (χ4v) is 3.53. The summed E-state index contributed by atoms with van der Waals surface area (Å²) in [6, 6.07) is 12.4. The Balaban J connectivity index is 2.05. The van der Waals surface area contributed by atoms with Gasteiger partial charge in [0.1, 0.15) is 0 Å². The molecule has 2 rings (SSSR count). The fourth-order valence-electron chi connectivity index (χ4n) is 2.21. The smallest absolute Gasteiger partial charge is 0.261 e. The highest BCUT2D eigenvalue weighted by Gasteiger charge is 2.16. The van der Waals surface area contributed by atoms with E-state index in [1.165, 1.54) is 24.3 Å². The fraction of sp³-hybridized carbons (Fsp3) is 0.278. The molecule has 0 spiro atoms. The molecule has 25 heavy (non-hydrogen) atoms. The van der Waals surface area contributed by atoms with Crippen LogP contribution in [-0.4, -0.2) is 20.9 Å². The normalized spacial score (nSPS) is 11.1. The minimum Gasteiger partial charge on any atom is -0.352 e. The predicted octanol–water partition coefficient (Wildman–Crippen LogP) is 4.06. The van der Waals surface area contributed by atoms with Gasteiger partial charge in [0.25, 0.3) is 15.9 Å². The van der Waals surface area contributed by atoms with Crippen LogP contribution in [0.4, 0.5) is 5.69 Å². The molecule has 0 aliphatic rings. The van der Waals surface area contributed by atoms with Crippen LogP contribution in [0, 0.1) is 0 Å². The number of sulfonamides is 1. The van der Waals surface area contributed by atoms with Crippen molar-refractivity contribution >= 4 is 33.2 Å². The van der Waals surface area contributed by atoms with Gasteiger partial charge in [0, 0.05) is 12.1 Å². The van der Waals surface area contributed by atoms with E-state index in [0.717, 1.165) is 19.3 Å². The van der Waals surface area contributed by atoms with Gasteiger partial charge in [0.2, 0.25) is 0 Å². The Bertz CT molecular complexity index is 820. The molecule has 0 saturated heterocycles. The van der Waals surface area contributed by atoms with E-state index in [1.54, 1.807) is 24.3 Å². The third-order valence-electron chi connectivity index (χ3n) is 3.61. The van der Waals surface area contributed by atoms with Gasteiger partial charge in [-0.3, -0.25) is 9.52 Å². The highest BCUT2D eigenvalue weighted by atomic mass is 35.5. The number of anilines is 1. The number of unbranched alkanes of at least 4 members (excludes halogenated alkanes) is 2. The maximum Gasteiger partial charge on any atom is 0.261 e. The number of carbonyl (C=O) groups is 1. The zero-order chi connectivity index (χ0) is 18.3. The molecule has 0 aliphatic carbocycles. The van der Waals surface area contributed by atoms with Gasteiger partial charge in [-0.2, -0.15) is 0 Å². The summed E-state index contributed by atoms with van der Waals surface area (Å²) in [6.45, 7) is 2.71. The average Bonchev–Trinajstić information content (AvgIpc) is 2.60. The molecular formula is C18H21ClN2O3S. The van der Waals surface area contributed by atoms with E-state index >= 15 is 0 Å². The zero-order valence-corrected chi connectivity index (χ0v) is 15.5. The van der Waals surface area contributed by atoms with Crippen LogP contribution in [0.1, 0.15) is 36.5 Å². The van der Waals surface area contributed by atoms with Crippen molar-refractivity contribution in [2.75, 3.05) is 11.3 Å². The summed E-state index contributed by atoms with van der Waals surface area (Å²) in [6.07, 6.45) is 3.07. The molecular weight excluding hydrogens is 360 g/mol. The van der Waals surface area contributed by atoms with Gasteiger partial charge in [-0.15, -0.1) is 0 Å². The Kier molecular flexibility index (Phi) is 6.84. The summed E-state index contributed by atoms with van der Waals surface area (Å²) in [5, 5.41) is 3.13. The van der Waals surface area contributed by atoms with E-state index in [9.17, 15) is 13.2 Å². The van der Waals surface area contributed by atoms with Crippen LogP contribution in [0.15, 0.2) is 53.4 Å². The van der Waals surface area contributed by atoms with Crippen LogP contribution in [0.2, 0.25) is 5.02 Å². The van der Waals surface area contributed by atoms with Crippen molar-refractivity contribution in [1.29, 1.82) is 0 Å². The van der Waals surface area contributed by atoms with Crippen molar-refractivity contribution in [2.24, 2.45) is 0 Å². The third kappa shape index (κ3) is 5.47. The van der Waals surface area contributed by atoms with Gasteiger partial charge in [-0.05, 0) is 42.8 Å². The molecule has 2 aromatic carbocycles. The Morgan fingerprint density at radius 3 is 2.36 bits per heavy atom. The molecule has 0 unspecified atom stereocenters. The van der Waals surface area contributed by atoms with Gasteiger partial charge in [0.15, 0.2) is 0 Å². The lowest BCUT2D eigenvalue weighted by molar-refractivity contribution is 0.0953. The molecule has 0 bridgehead atoms. The maximum absolute atomic E-state index is 12.4. The molecule has 0 heterocycles. The lowest BCUT2D eigenvalue weighted by Crippen LogP contribution is -2.24. The second-order valence-electron chi connectivity index (χ2n) is 5.57. The summed E-state index contributed by atoms with van der Waals surface area (Å²) in [7, 11) is -3.77. The van der Waals surface area contributed by atoms with Crippen molar-refractivity contribution in [3.8, 4) is 0 Å². The Labute approximate surface area is 153 Å². The molecule has 5 nitrogen and oxygen atoms in total. The SMILES string of the molecule is CCCCCNC(=O)c1ccc(S(=O)(=O)Nc2ccccc2Cl)cc1. The quantitative estimate of drug-likeness (QED) is 0.678. The number of amides is 1. The number of hydrogen-bond acceptors (Lipinski definition) is 3. The summed E-state index contributed by atoms with van der Waals surface area (Å²) in [5.41, 5.74) is 0.732. The van der Waals surface area contributed by atoms with Gasteiger partial charge in [-0.1, -0.05) is 43.5 Å². The number of benzene rings is 2. The second kappa shape index (κ2) is 8.87. The van der Waals surface area contributed by atoms with Gasteiger partial charge in [-0.25, -0.2) is 8.42 Å². The highest BCUT2D eigenvalue weighted by Crippen LogP contribution is 2.24. The van der Waals surface area contributed by atoms with E-state index in [0.29, 0.717) is 22.8 Å². The van der Waals surface area contributed by atoms with Crippen LogP contribution in [0.5, 0.6) is 0 Å². The number of nitrogens with one attached hydrogen (secondary N) is 2. The van der Waals surface area contributed by atoms with Crippen molar-refractivity contribution in [3.05, 3.63) is 59.1 Å². The molecule has 0 aromatic heterocycles. The van der Waals surface area contributed by atoms with Gasteiger partial charge < -0.3 is 5.32 Å². The van der Waals surface area contributed by atoms with Crippen molar-refractivity contribution in [1.82, 2.24) is 5.32 Å². The van der Waals surface area contributed by atoms with E-state index < -0.39 is 10.0 Å². The van der Waals surface area contributed by atoms with Crippen molar-refractivity contribution in [3.63, 3.8) is 0 Å². The minimum atomic E-state index is -3.77. The Hall–Kier alpha value is -2.05. The summed E-state index contributed by atoms with van der Waals surface area (Å²) in [5.74, 6) is -0.209. The van der Waals surface area contributed by atoms with Gasteiger partial charge in [0.05, 0.1) is 15.6 Å². The minimum absolute atomic E-state index is 0.0648. The first-order chi connectivity index (χ1) is 11.9. The molecule has 134 valence electrons. The van der Waals surface area contributed by atoms with Crippen LogP contribution in [0.3, 0.4) is 0 Å². The summed E-state index contributed by atoms with van der Waals surface area (Å²) < 4.78 is 27.3. The predicted molar refractivity (Wildman–Crippen MR) is 101 cm³/mol. The highest BCUT2D eigenvalue weighted by molar-refractivity contribution is 7.92. The molecule has 0 atom stereocenters. The van der Waals surface area contributed by atoms with Crippen LogP contribution < -0.4 is 10.0 Å². The van der Waals surface area contributed by atoms with Crippen molar-refractivity contribution < 1.29 is 13.2 Å². The number of rotatable bonds is 8. The first kappa shape index (κ1) is 19.3. The molecule has 1 amide bonds. The van der Waals surface area contributed by atoms with Crippen molar-refractivity contribution in [2.45, 2.75) is 31.1 Å². The van der Waals surface area contributed by atoms with Crippen LogP contribution in [-0.2, 0) is 10.0 Å². The monoisotopic (exact) mass is 380 g/mol. The van der Waals surface area contributed by atoms with E-state index in [2.05, 4.69) is 17.0 Å². The first-order valence-electron chi connectivity index (χ1n) is 8.09. The molecule has 0 saturated carbocycles. The number of para-hydroxylation sites is 1. The summed E-state index contributed by atoms with van der Waals surface area (Å²) >= 11 is 5.98. The lowest BCUT2D eigenvalue weighted by Gasteiger charge is -2.10. The largest absolute Gasteiger partial charge is 0.352 e. The molecule has 2 aromatic rings. The van der Waals surface area contributed by atoms with Crippen LogP contribution >= 0.6 is 11.6 Å². The first-order valence-corrected chi connectivity index (χ1v) is 9.96. The summed E-state index contributed by atoms with van der Waals surface area (Å²) in [4.78, 5) is 12.1. The molecule has 0 aliphatic heterocycles. The van der Waals surface area contributed by atoms with Crippen LogP contribution in [0.25, 0.3) is 0 Å². The number of hydrogen-bond donors (Lipinski definition) is 2. The van der Waals surface area contributed by atoms with E-state index in [-0.39, 0.29) is 10.8 Å². The number of halogens is 1. The lowest BCUT2D eigenvalue weighted by atomic mass is 10.2. The topological polar surface area (TPSA) is 75.3 Å². The molecule has 2 N–H and O–H groups in total. The molecule has 0 radical (unpaired) electrons. The second-order valence-corrected chi connectivity index (χ2v) is 7.66. The third-order valence-corrected chi connectivity index (χ3v) is 5.32. The van der Waals surface area contributed by atoms with E-state index in [1.807, 2.05) is 0 Å². The zero-order valence-electron chi connectivity index (χ0n) is 14.0. The molecule has 7 heteroatoms. The average molecular weight is 381 g/mol. The Morgan fingerprint density at radius 1 is 1.04 bits per heavy atom. The molecule has 0 fully saturated rings. The van der Waals surface area contributed by atoms with Gasteiger partial charge >= 0.3 is 0 Å². The Morgan fingerprint density at radius 2 is 1.72 bits per heavy atom. The maximum atomic E-state index is 12.4.